The fourth-order valence-electron chi connectivity index (χ4n) is 3.74. The van der Waals surface area contributed by atoms with Crippen molar-refractivity contribution < 1.29 is 4.79 Å². The van der Waals surface area contributed by atoms with Gasteiger partial charge in [-0.15, -0.1) is 0 Å². The molecule has 1 atom stereocenters. The summed E-state index contributed by atoms with van der Waals surface area (Å²) in [4.78, 5) is 19.4. The topological polar surface area (TPSA) is 45.2 Å². The molecular weight excluding hydrogens is 346 g/mol. The fourth-order valence-corrected chi connectivity index (χ4v) is 3.74. The van der Waals surface area contributed by atoms with Crippen LogP contribution in [0.2, 0.25) is 0 Å². The second-order valence-corrected chi connectivity index (χ2v) is 7.26. The minimum Gasteiger partial charge on any atom is -0.344 e. The third kappa shape index (κ3) is 4.46. The van der Waals surface area contributed by atoms with Crippen molar-refractivity contribution in [1.82, 2.24) is 15.2 Å². The first-order valence-corrected chi connectivity index (χ1v) is 9.88. The Hall–Kier alpha value is -2.98. The van der Waals surface area contributed by atoms with Crippen LogP contribution in [0.1, 0.15) is 34.8 Å². The zero-order valence-electron chi connectivity index (χ0n) is 15.9. The molecule has 28 heavy (non-hydrogen) atoms. The third-order valence-electron chi connectivity index (χ3n) is 5.31. The number of carbonyl (C=O) groups excluding carboxylic acids is 1. The van der Waals surface area contributed by atoms with Crippen molar-refractivity contribution >= 4 is 5.91 Å². The number of hydrogen-bond donors (Lipinski definition) is 1. The molecule has 2 aromatic carbocycles. The van der Waals surface area contributed by atoms with E-state index in [1.165, 1.54) is 12.8 Å². The summed E-state index contributed by atoms with van der Waals surface area (Å²) < 4.78 is 0. The predicted octanol–water partition coefficient (Wildman–Crippen LogP) is 4.32. The molecule has 4 heteroatoms. The average Bonchev–Trinajstić information content (AvgIpc) is 3.28. The molecule has 0 bridgehead atoms. The van der Waals surface area contributed by atoms with E-state index in [4.69, 9.17) is 0 Å². The Morgan fingerprint density at radius 2 is 1.54 bits per heavy atom. The van der Waals surface area contributed by atoms with Crippen LogP contribution in [-0.4, -0.2) is 35.4 Å². The van der Waals surface area contributed by atoms with Gasteiger partial charge in [0.15, 0.2) is 0 Å². The third-order valence-corrected chi connectivity index (χ3v) is 5.31. The van der Waals surface area contributed by atoms with E-state index in [-0.39, 0.29) is 11.9 Å². The number of benzene rings is 2. The lowest BCUT2D eigenvalue weighted by Gasteiger charge is -2.25. The molecule has 4 rings (SSSR count). The lowest BCUT2D eigenvalue weighted by Crippen LogP contribution is -2.37. The highest BCUT2D eigenvalue weighted by Gasteiger charge is 2.21. The summed E-state index contributed by atoms with van der Waals surface area (Å²) in [5.74, 6) is -0.0330. The minimum atomic E-state index is -0.0330. The molecule has 0 aliphatic carbocycles. The second kappa shape index (κ2) is 8.81. The van der Waals surface area contributed by atoms with E-state index in [9.17, 15) is 4.79 Å². The summed E-state index contributed by atoms with van der Waals surface area (Å²) in [6, 6.07) is 21.9. The Morgan fingerprint density at radius 1 is 0.893 bits per heavy atom. The van der Waals surface area contributed by atoms with Gasteiger partial charge in [-0.05, 0) is 66.9 Å². The van der Waals surface area contributed by atoms with Crippen molar-refractivity contribution in [2.24, 2.45) is 0 Å². The standard InChI is InChI=1S/C24H25N3O/c28-24(22-10-8-19(9-11-22)20-12-14-25-15-13-20)26-23(18-27-16-4-5-17-27)21-6-2-1-3-7-21/h1-3,6-15,23H,4-5,16-18H2,(H,26,28). The monoisotopic (exact) mass is 371 g/mol. The highest BCUT2D eigenvalue weighted by Crippen LogP contribution is 2.21. The lowest BCUT2D eigenvalue weighted by molar-refractivity contribution is 0.0927. The molecule has 1 amide bonds. The van der Waals surface area contributed by atoms with Gasteiger partial charge in [0.05, 0.1) is 6.04 Å². The van der Waals surface area contributed by atoms with Crippen molar-refractivity contribution in [2.75, 3.05) is 19.6 Å². The normalized spacial score (nSPS) is 15.3. The predicted molar refractivity (Wildman–Crippen MR) is 112 cm³/mol. The second-order valence-electron chi connectivity index (χ2n) is 7.26. The van der Waals surface area contributed by atoms with Crippen molar-refractivity contribution in [2.45, 2.75) is 18.9 Å². The van der Waals surface area contributed by atoms with Gasteiger partial charge < -0.3 is 10.2 Å². The molecule has 0 radical (unpaired) electrons. The van der Waals surface area contributed by atoms with Crippen LogP contribution >= 0.6 is 0 Å². The van der Waals surface area contributed by atoms with E-state index in [1.54, 1.807) is 12.4 Å². The zero-order valence-corrected chi connectivity index (χ0v) is 15.9. The summed E-state index contributed by atoms with van der Waals surface area (Å²) in [5, 5.41) is 3.25. The van der Waals surface area contributed by atoms with Gasteiger partial charge in [-0.2, -0.15) is 0 Å². The number of carbonyl (C=O) groups is 1. The molecule has 3 aromatic rings. The van der Waals surface area contributed by atoms with Gasteiger partial charge in [0, 0.05) is 24.5 Å². The molecule has 0 spiro atoms. The molecule has 1 N–H and O–H groups in total. The summed E-state index contributed by atoms with van der Waals surface area (Å²) >= 11 is 0. The van der Waals surface area contributed by atoms with Gasteiger partial charge >= 0.3 is 0 Å². The molecular formula is C24H25N3O. The number of nitrogens with zero attached hydrogens (tertiary/aromatic N) is 2. The number of amides is 1. The van der Waals surface area contributed by atoms with Crippen molar-refractivity contribution in [3.8, 4) is 11.1 Å². The van der Waals surface area contributed by atoms with Crippen LogP contribution in [0.5, 0.6) is 0 Å². The van der Waals surface area contributed by atoms with Crippen LogP contribution in [0.15, 0.2) is 79.1 Å². The Balaban J connectivity index is 1.49. The summed E-state index contributed by atoms with van der Waals surface area (Å²) in [6.07, 6.45) is 6.04. The van der Waals surface area contributed by atoms with Gasteiger partial charge in [0.2, 0.25) is 0 Å². The minimum absolute atomic E-state index is 0.00771. The number of hydrogen-bond acceptors (Lipinski definition) is 3. The van der Waals surface area contributed by atoms with Gasteiger partial charge in [-0.25, -0.2) is 0 Å². The molecule has 1 aliphatic heterocycles. The first kappa shape index (κ1) is 18.4. The summed E-state index contributed by atoms with van der Waals surface area (Å²) in [6.45, 7) is 3.07. The van der Waals surface area contributed by atoms with Gasteiger partial charge in [-0.1, -0.05) is 42.5 Å². The molecule has 0 saturated carbocycles. The Labute approximate surface area is 166 Å². The highest BCUT2D eigenvalue weighted by atomic mass is 16.1. The molecule has 1 fully saturated rings. The SMILES string of the molecule is O=C(NC(CN1CCCC1)c1ccccc1)c1ccc(-c2ccncc2)cc1. The van der Waals surface area contributed by atoms with E-state index < -0.39 is 0 Å². The molecule has 4 nitrogen and oxygen atoms in total. The van der Waals surface area contributed by atoms with E-state index in [2.05, 4.69) is 27.3 Å². The first-order chi connectivity index (χ1) is 13.8. The van der Waals surface area contributed by atoms with Crippen molar-refractivity contribution in [3.05, 3.63) is 90.3 Å². The Kier molecular flexibility index (Phi) is 5.78. The smallest absolute Gasteiger partial charge is 0.251 e. The van der Waals surface area contributed by atoms with Crippen molar-refractivity contribution in [1.29, 1.82) is 0 Å². The molecule has 2 heterocycles. The van der Waals surface area contributed by atoms with Crippen LogP contribution in [0, 0.1) is 0 Å². The largest absolute Gasteiger partial charge is 0.344 e. The van der Waals surface area contributed by atoms with Gasteiger partial charge in [0.25, 0.3) is 5.91 Å². The Morgan fingerprint density at radius 3 is 2.21 bits per heavy atom. The molecule has 1 unspecified atom stereocenters. The van der Waals surface area contributed by atoms with E-state index >= 15 is 0 Å². The maximum Gasteiger partial charge on any atom is 0.251 e. The summed E-state index contributed by atoms with van der Waals surface area (Å²) in [7, 11) is 0. The number of likely N-dealkylation sites (tertiary alicyclic amines) is 1. The number of rotatable bonds is 6. The van der Waals surface area contributed by atoms with E-state index in [1.807, 2.05) is 54.6 Å². The van der Waals surface area contributed by atoms with Crippen LogP contribution in [-0.2, 0) is 0 Å². The number of pyridine rings is 1. The van der Waals surface area contributed by atoms with Crippen LogP contribution in [0.25, 0.3) is 11.1 Å². The zero-order chi connectivity index (χ0) is 19.2. The molecule has 1 saturated heterocycles. The molecule has 1 aliphatic rings. The molecule has 1 aromatic heterocycles. The lowest BCUT2D eigenvalue weighted by atomic mass is 10.0. The summed E-state index contributed by atoms with van der Waals surface area (Å²) in [5.41, 5.74) is 4.00. The highest BCUT2D eigenvalue weighted by molar-refractivity contribution is 5.95. The van der Waals surface area contributed by atoms with Gasteiger partial charge in [-0.3, -0.25) is 9.78 Å². The maximum atomic E-state index is 12.9. The van der Waals surface area contributed by atoms with E-state index in [0.29, 0.717) is 5.56 Å². The fraction of sp³-hybridized carbons (Fsp3) is 0.250. The average molecular weight is 371 g/mol. The maximum absolute atomic E-state index is 12.9. The first-order valence-electron chi connectivity index (χ1n) is 9.88. The van der Waals surface area contributed by atoms with Crippen molar-refractivity contribution in [3.63, 3.8) is 0 Å². The van der Waals surface area contributed by atoms with Gasteiger partial charge in [0.1, 0.15) is 0 Å². The van der Waals surface area contributed by atoms with Crippen LogP contribution in [0.3, 0.4) is 0 Å². The Bertz CT molecular complexity index is 888. The molecule has 142 valence electrons. The number of nitrogens with one attached hydrogen (secondary N) is 1. The van der Waals surface area contributed by atoms with Crippen LogP contribution in [0.4, 0.5) is 0 Å². The van der Waals surface area contributed by atoms with Crippen LogP contribution < -0.4 is 5.32 Å². The quantitative estimate of drug-likeness (QED) is 0.702. The van der Waals surface area contributed by atoms with E-state index in [0.717, 1.165) is 36.3 Å². The number of aromatic nitrogens is 1.